The van der Waals surface area contributed by atoms with Crippen LogP contribution in [0.15, 0.2) is 0 Å². The van der Waals surface area contributed by atoms with Gasteiger partial charge in [0.2, 0.25) is 0 Å². The Labute approximate surface area is 72.5 Å². The third kappa shape index (κ3) is 3040. The predicted octanol–water partition coefficient (Wildman–Crippen LogP) is -2.27. The molecule has 0 rings (SSSR count). The van der Waals surface area contributed by atoms with Gasteiger partial charge >= 0.3 is 24.9 Å². The number of phosphoric acid groups is 1. The van der Waals surface area contributed by atoms with E-state index in [4.69, 9.17) is 36.8 Å². The van der Waals surface area contributed by atoms with Crippen LogP contribution in [0.4, 0.5) is 0 Å². The molecule has 8 nitrogen and oxygen atoms in total. The van der Waals surface area contributed by atoms with Gasteiger partial charge in [0.05, 0.1) is 0 Å². The molecule has 3 N–H and O–H groups in total. The van der Waals surface area contributed by atoms with E-state index in [1.807, 2.05) is 0 Å². The van der Waals surface area contributed by atoms with Gasteiger partial charge in [-0.15, -0.1) is 0 Å². The molecule has 69 valence electrons. The van der Waals surface area contributed by atoms with Gasteiger partial charge in [-0.05, 0) is 0 Å². The smallest absolute Gasteiger partial charge is 0.759 e. The minimum Gasteiger partial charge on any atom is -0.759 e. The maximum absolute atomic E-state index is 8.88. The third-order valence-corrected chi connectivity index (χ3v) is 0. The van der Waals surface area contributed by atoms with E-state index in [0.29, 0.717) is 0 Å². The van der Waals surface area contributed by atoms with Crippen molar-refractivity contribution in [1.29, 1.82) is 0 Å². The summed E-state index contributed by atoms with van der Waals surface area (Å²) in [5.41, 5.74) is 0. The Morgan fingerprint density at radius 2 is 1.09 bits per heavy atom. The Bertz CT molecular complexity index is 192. The second-order valence-electron chi connectivity index (χ2n) is 0.922. The van der Waals surface area contributed by atoms with Crippen LogP contribution in [0.5, 0.6) is 0 Å². The molecule has 11 heavy (non-hydrogen) atoms. The van der Waals surface area contributed by atoms with Crippen molar-refractivity contribution in [3.05, 3.63) is 0 Å². The molecule has 0 aromatic rings. The average molecular weight is 249 g/mol. The molecule has 0 heterocycles. The van der Waals surface area contributed by atoms with Crippen LogP contribution in [0, 0.1) is 0 Å². The molecule has 0 aliphatic heterocycles. The largest absolute Gasteiger partial charge is 2.00 e. The predicted molar refractivity (Wildman–Crippen MR) is 24.7 cm³/mol. The zero-order valence-corrected chi connectivity index (χ0v) is 7.51. The normalized spacial score (nSPS) is 10.6. The van der Waals surface area contributed by atoms with Crippen molar-refractivity contribution in [2.45, 2.75) is 0 Å². The molecule has 0 atom stereocenters. The summed E-state index contributed by atoms with van der Waals surface area (Å²) >= 11 is 0. The van der Waals surface area contributed by atoms with E-state index in [0.717, 1.165) is 0 Å². The standard InChI is InChI=1S/Mn.H3O4P.H2O4S/c;2*1-5(2,3)4/h;(H3,1,2,3,4);(H2,1,2,3,4)/q+2;;/p-2. The second kappa shape index (κ2) is 6.06. The summed E-state index contributed by atoms with van der Waals surface area (Å²) in [4.78, 5) is 21.6. The van der Waals surface area contributed by atoms with E-state index in [-0.39, 0.29) is 17.1 Å². The zero-order valence-electron chi connectivity index (χ0n) is 4.62. The van der Waals surface area contributed by atoms with Gasteiger partial charge in [0.15, 0.2) is 0 Å². The first-order valence-corrected chi connectivity index (χ1v) is 4.35. The first-order chi connectivity index (χ1) is 4.00. The van der Waals surface area contributed by atoms with Crippen LogP contribution >= 0.6 is 7.82 Å². The van der Waals surface area contributed by atoms with E-state index in [9.17, 15) is 0 Å². The molecular weight excluding hydrogens is 246 g/mol. The summed E-state index contributed by atoms with van der Waals surface area (Å²) < 4.78 is 43.0. The number of rotatable bonds is 0. The van der Waals surface area contributed by atoms with Gasteiger partial charge in [-0.1, -0.05) is 0 Å². The van der Waals surface area contributed by atoms with E-state index in [1.54, 1.807) is 0 Å². The molecule has 0 amide bonds. The molecular formula is H3MnO8PS. The molecule has 0 aliphatic rings. The van der Waals surface area contributed by atoms with Crippen LogP contribution in [0.2, 0.25) is 0 Å². The summed E-state index contributed by atoms with van der Waals surface area (Å²) in [6, 6.07) is 0. The first-order valence-electron chi connectivity index (χ1n) is 1.45. The van der Waals surface area contributed by atoms with Crippen molar-refractivity contribution in [3.8, 4) is 0 Å². The Hall–Kier alpha value is 0.499. The molecule has 1 radical (unpaired) electrons. The SMILES string of the molecule is O=P(O)(O)O.O=S(=O)([O-])[O-].[Mn+2]. The van der Waals surface area contributed by atoms with Gasteiger partial charge in [0.25, 0.3) is 0 Å². The summed E-state index contributed by atoms with van der Waals surface area (Å²) in [6.45, 7) is 0. The average Bonchev–Trinajstić information content (AvgIpc) is 1.12. The second-order valence-corrected chi connectivity index (χ2v) is 2.76. The molecule has 0 aliphatic carbocycles. The minimum absolute atomic E-state index is 0. The molecule has 0 unspecified atom stereocenters. The summed E-state index contributed by atoms with van der Waals surface area (Å²) in [5, 5.41) is 0. The van der Waals surface area contributed by atoms with Crippen LogP contribution in [-0.2, 0) is 32.0 Å². The van der Waals surface area contributed by atoms with Crippen molar-refractivity contribution < 1.29 is 53.8 Å². The van der Waals surface area contributed by atoms with E-state index in [2.05, 4.69) is 0 Å². The Kier molecular flexibility index (Phi) is 9.67. The summed E-state index contributed by atoms with van der Waals surface area (Å²) in [5.74, 6) is 0. The monoisotopic (exact) mass is 249 g/mol. The molecule has 0 fully saturated rings. The van der Waals surface area contributed by atoms with E-state index < -0.39 is 18.2 Å². The molecule has 11 heteroatoms. The zero-order chi connectivity index (χ0) is 9.00. The Morgan fingerprint density at radius 1 is 1.09 bits per heavy atom. The van der Waals surface area contributed by atoms with Gasteiger partial charge in [-0.25, -0.2) is 4.57 Å². The fraction of sp³-hybridized carbons (Fsp3) is 0. The summed E-state index contributed by atoms with van der Waals surface area (Å²) in [6.07, 6.45) is 0. The fourth-order valence-corrected chi connectivity index (χ4v) is 0. The Balaban J connectivity index is -0.000000107. The quantitative estimate of drug-likeness (QED) is 0.187. The van der Waals surface area contributed by atoms with E-state index in [1.165, 1.54) is 0 Å². The van der Waals surface area contributed by atoms with Gasteiger partial charge in [0.1, 0.15) is 0 Å². The number of hydrogen-bond donors (Lipinski definition) is 3. The van der Waals surface area contributed by atoms with Crippen molar-refractivity contribution >= 4 is 18.2 Å². The maximum atomic E-state index is 8.88. The van der Waals surface area contributed by atoms with Crippen molar-refractivity contribution in [1.82, 2.24) is 0 Å². The molecule has 0 bridgehead atoms. The van der Waals surface area contributed by atoms with Crippen LogP contribution in [-0.4, -0.2) is 32.2 Å². The first kappa shape index (κ1) is 17.5. The Morgan fingerprint density at radius 3 is 1.09 bits per heavy atom. The van der Waals surface area contributed by atoms with Crippen LogP contribution in [0.25, 0.3) is 0 Å². The summed E-state index contributed by atoms with van der Waals surface area (Å²) in [7, 11) is -9.81. The third-order valence-electron chi connectivity index (χ3n) is 0. The molecule has 0 spiro atoms. The molecule has 0 aromatic carbocycles. The van der Waals surface area contributed by atoms with Crippen molar-refractivity contribution in [3.63, 3.8) is 0 Å². The van der Waals surface area contributed by atoms with E-state index >= 15 is 0 Å². The maximum Gasteiger partial charge on any atom is 2.00 e. The molecule has 0 saturated heterocycles. The minimum atomic E-state index is -5.17. The van der Waals surface area contributed by atoms with Crippen LogP contribution in [0.1, 0.15) is 0 Å². The molecule has 0 saturated carbocycles. The van der Waals surface area contributed by atoms with Crippen LogP contribution < -0.4 is 0 Å². The molecule has 0 aromatic heterocycles. The van der Waals surface area contributed by atoms with Gasteiger partial charge in [0, 0.05) is 10.4 Å². The van der Waals surface area contributed by atoms with Crippen molar-refractivity contribution in [2.24, 2.45) is 0 Å². The van der Waals surface area contributed by atoms with Gasteiger partial charge < -0.3 is 23.8 Å². The van der Waals surface area contributed by atoms with Gasteiger partial charge in [-0.2, -0.15) is 0 Å². The van der Waals surface area contributed by atoms with Crippen molar-refractivity contribution in [2.75, 3.05) is 0 Å². The van der Waals surface area contributed by atoms with Gasteiger partial charge in [-0.3, -0.25) is 8.42 Å². The fourth-order valence-electron chi connectivity index (χ4n) is 0. The number of hydrogen-bond acceptors (Lipinski definition) is 5. The topological polar surface area (TPSA) is 158 Å². The van der Waals surface area contributed by atoms with Crippen LogP contribution in [0.3, 0.4) is 0 Å².